The maximum absolute atomic E-state index is 12.4. The third kappa shape index (κ3) is 3.20. The predicted molar refractivity (Wildman–Crippen MR) is 86.3 cm³/mol. The highest BCUT2D eigenvalue weighted by molar-refractivity contribution is 6.30. The molecule has 22 heavy (non-hydrogen) atoms. The van der Waals surface area contributed by atoms with Gasteiger partial charge in [-0.25, -0.2) is 9.97 Å². The molecule has 0 bridgehead atoms. The van der Waals surface area contributed by atoms with Crippen molar-refractivity contribution in [1.29, 1.82) is 0 Å². The molecular formula is C16H17ClN4O. The van der Waals surface area contributed by atoms with E-state index in [1.807, 2.05) is 36.1 Å². The number of carbonyl (C=O) groups is 1. The monoisotopic (exact) mass is 316 g/mol. The molecule has 1 aromatic carbocycles. The minimum absolute atomic E-state index is 0.0313. The van der Waals surface area contributed by atoms with Crippen LogP contribution in [0.3, 0.4) is 0 Å². The predicted octanol–water partition coefficient (Wildman–Crippen LogP) is 2.40. The van der Waals surface area contributed by atoms with Gasteiger partial charge in [-0.3, -0.25) is 4.79 Å². The normalized spacial score (nSPS) is 15.0. The summed E-state index contributed by atoms with van der Waals surface area (Å²) < 4.78 is 0. The average molecular weight is 317 g/mol. The topological polar surface area (TPSA) is 49.3 Å². The van der Waals surface area contributed by atoms with E-state index in [-0.39, 0.29) is 5.91 Å². The SMILES string of the molecule is Cc1cc(C(=O)N2CCN(c3cccc(Cl)c3)CC2)ncn1. The molecule has 1 aliphatic heterocycles. The fraction of sp³-hybridized carbons (Fsp3) is 0.312. The van der Waals surface area contributed by atoms with Crippen LogP contribution in [-0.4, -0.2) is 47.0 Å². The average Bonchev–Trinajstić information content (AvgIpc) is 2.54. The second-order valence-corrected chi connectivity index (χ2v) is 5.74. The summed E-state index contributed by atoms with van der Waals surface area (Å²) in [5, 5.41) is 0.729. The zero-order valence-electron chi connectivity index (χ0n) is 12.4. The van der Waals surface area contributed by atoms with Gasteiger partial charge in [0.25, 0.3) is 5.91 Å². The standard InChI is InChI=1S/C16H17ClN4O/c1-12-9-15(19-11-18-12)16(22)21-7-5-20(6-8-21)14-4-2-3-13(17)10-14/h2-4,9-11H,5-8H2,1H3. The number of benzene rings is 1. The molecule has 114 valence electrons. The van der Waals surface area contributed by atoms with Gasteiger partial charge in [-0.1, -0.05) is 17.7 Å². The smallest absolute Gasteiger partial charge is 0.272 e. The number of aryl methyl sites for hydroxylation is 1. The summed E-state index contributed by atoms with van der Waals surface area (Å²) in [5.74, 6) is -0.0313. The Bertz CT molecular complexity index is 683. The van der Waals surface area contributed by atoms with Crippen LogP contribution in [0.2, 0.25) is 5.02 Å². The third-order valence-corrected chi connectivity index (χ3v) is 4.00. The van der Waals surface area contributed by atoms with Gasteiger partial charge in [0.2, 0.25) is 0 Å². The second kappa shape index (κ2) is 6.32. The number of nitrogens with zero attached hydrogens (tertiary/aromatic N) is 4. The molecule has 5 nitrogen and oxygen atoms in total. The lowest BCUT2D eigenvalue weighted by Gasteiger charge is -2.36. The first kappa shape index (κ1) is 14.8. The number of carbonyl (C=O) groups excluding carboxylic acids is 1. The Morgan fingerprint density at radius 2 is 1.91 bits per heavy atom. The highest BCUT2D eigenvalue weighted by Crippen LogP contribution is 2.21. The number of rotatable bonds is 2. The van der Waals surface area contributed by atoms with Crippen LogP contribution in [0.1, 0.15) is 16.2 Å². The minimum Gasteiger partial charge on any atom is -0.368 e. The van der Waals surface area contributed by atoms with Crippen molar-refractivity contribution < 1.29 is 4.79 Å². The third-order valence-electron chi connectivity index (χ3n) is 3.76. The zero-order chi connectivity index (χ0) is 15.5. The van der Waals surface area contributed by atoms with E-state index in [0.29, 0.717) is 18.8 Å². The molecule has 0 unspecified atom stereocenters. The molecular weight excluding hydrogens is 300 g/mol. The number of amides is 1. The Balaban J connectivity index is 1.65. The number of halogens is 1. The van der Waals surface area contributed by atoms with E-state index < -0.39 is 0 Å². The summed E-state index contributed by atoms with van der Waals surface area (Å²) in [4.78, 5) is 24.6. The Labute approximate surface area is 134 Å². The van der Waals surface area contributed by atoms with Crippen LogP contribution >= 0.6 is 11.6 Å². The lowest BCUT2D eigenvalue weighted by atomic mass is 10.2. The number of anilines is 1. The van der Waals surface area contributed by atoms with Gasteiger partial charge in [-0.05, 0) is 31.2 Å². The minimum atomic E-state index is -0.0313. The van der Waals surface area contributed by atoms with Crippen molar-refractivity contribution in [2.75, 3.05) is 31.1 Å². The molecule has 1 aliphatic rings. The van der Waals surface area contributed by atoms with Crippen LogP contribution < -0.4 is 4.90 Å². The molecule has 1 aromatic heterocycles. The molecule has 0 aliphatic carbocycles. The molecule has 0 radical (unpaired) electrons. The molecule has 0 saturated carbocycles. The van der Waals surface area contributed by atoms with E-state index in [9.17, 15) is 4.79 Å². The number of hydrogen-bond donors (Lipinski definition) is 0. The first-order chi connectivity index (χ1) is 10.6. The highest BCUT2D eigenvalue weighted by Gasteiger charge is 2.23. The summed E-state index contributed by atoms with van der Waals surface area (Å²) in [6.45, 7) is 4.78. The molecule has 0 N–H and O–H groups in total. The zero-order valence-corrected chi connectivity index (χ0v) is 13.1. The van der Waals surface area contributed by atoms with Crippen LogP contribution in [0.5, 0.6) is 0 Å². The van der Waals surface area contributed by atoms with Gasteiger partial charge in [-0.2, -0.15) is 0 Å². The van der Waals surface area contributed by atoms with Crippen LogP contribution in [0.15, 0.2) is 36.7 Å². The van der Waals surface area contributed by atoms with Crippen molar-refractivity contribution in [2.24, 2.45) is 0 Å². The molecule has 2 aromatic rings. The molecule has 0 spiro atoms. The molecule has 1 amide bonds. The summed E-state index contributed by atoms with van der Waals surface area (Å²) in [5.41, 5.74) is 2.36. The van der Waals surface area contributed by atoms with Crippen molar-refractivity contribution in [1.82, 2.24) is 14.9 Å². The molecule has 1 saturated heterocycles. The second-order valence-electron chi connectivity index (χ2n) is 5.30. The molecule has 6 heteroatoms. The molecule has 1 fully saturated rings. The van der Waals surface area contributed by atoms with E-state index in [4.69, 9.17) is 11.6 Å². The van der Waals surface area contributed by atoms with Crippen molar-refractivity contribution in [3.63, 3.8) is 0 Å². The van der Waals surface area contributed by atoms with E-state index in [2.05, 4.69) is 14.9 Å². The van der Waals surface area contributed by atoms with Gasteiger partial charge in [0.05, 0.1) is 0 Å². The lowest BCUT2D eigenvalue weighted by Crippen LogP contribution is -2.49. The maximum atomic E-state index is 12.4. The Kier molecular flexibility index (Phi) is 4.24. The Morgan fingerprint density at radius 3 is 2.59 bits per heavy atom. The van der Waals surface area contributed by atoms with Crippen LogP contribution in [0.25, 0.3) is 0 Å². The molecule has 3 rings (SSSR count). The molecule has 2 heterocycles. The molecule has 0 atom stereocenters. The van der Waals surface area contributed by atoms with Crippen molar-refractivity contribution in [3.05, 3.63) is 53.1 Å². The summed E-state index contributed by atoms with van der Waals surface area (Å²) in [6.07, 6.45) is 1.44. The van der Waals surface area contributed by atoms with Crippen LogP contribution in [0.4, 0.5) is 5.69 Å². The number of aromatic nitrogens is 2. The van der Waals surface area contributed by atoms with Gasteiger partial charge < -0.3 is 9.80 Å². The van der Waals surface area contributed by atoms with Gasteiger partial charge in [0.1, 0.15) is 12.0 Å². The summed E-state index contributed by atoms with van der Waals surface area (Å²) in [6, 6.07) is 9.52. The quantitative estimate of drug-likeness (QED) is 0.853. The highest BCUT2D eigenvalue weighted by atomic mass is 35.5. The lowest BCUT2D eigenvalue weighted by molar-refractivity contribution is 0.0740. The number of piperazine rings is 1. The fourth-order valence-electron chi connectivity index (χ4n) is 2.57. The number of hydrogen-bond acceptors (Lipinski definition) is 4. The summed E-state index contributed by atoms with van der Waals surface area (Å²) in [7, 11) is 0. The maximum Gasteiger partial charge on any atom is 0.272 e. The van der Waals surface area contributed by atoms with Crippen LogP contribution in [-0.2, 0) is 0 Å². The van der Waals surface area contributed by atoms with Gasteiger partial charge in [0, 0.05) is 42.6 Å². The summed E-state index contributed by atoms with van der Waals surface area (Å²) >= 11 is 6.03. The largest absolute Gasteiger partial charge is 0.368 e. The van der Waals surface area contributed by atoms with E-state index in [1.165, 1.54) is 6.33 Å². The van der Waals surface area contributed by atoms with Gasteiger partial charge in [0.15, 0.2) is 0 Å². The van der Waals surface area contributed by atoms with E-state index >= 15 is 0 Å². The van der Waals surface area contributed by atoms with Crippen molar-refractivity contribution in [2.45, 2.75) is 6.92 Å². The van der Waals surface area contributed by atoms with E-state index in [0.717, 1.165) is 29.5 Å². The van der Waals surface area contributed by atoms with Gasteiger partial charge in [-0.15, -0.1) is 0 Å². The van der Waals surface area contributed by atoms with E-state index in [1.54, 1.807) is 6.07 Å². The first-order valence-electron chi connectivity index (χ1n) is 7.22. The van der Waals surface area contributed by atoms with Crippen molar-refractivity contribution in [3.8, 4) is 0 Å². The van der Waals surface area contributed by atoms with Gasteiger partial charge >= 0.3 is 0 Å². The Morgan fingerprint density at radius 1 is 1.14 bits per heavy atom. The Hall–Kier alpha value is -2.14. The fourth-order valence-corrected chi connectivity index (χ4v) is 2.76. The first-order valence-corrected chi connectivity index (χ1v) is 7.60. The van der Waals surface area contributed by atoms with Crippen LogP contribution in [0, 0.1) is 6.92 Å². The van der Waals surface area contributed by atoms with Crippen molar-refractivity contribution >= 4 is 23.2 Å².